The third kappa shape index (κ3) is 3.82. The molecule has 4 aromatic rings. The Bertz CT molecular complexity index is 1060. The van der Waals surface area contributed by atoms with Crippen molar-refractivity contribution < 1.29 is 9.90 Å². The van der Waals surface area contributed by atoms with Gasteiger partial charge in [0.05, 0.1) is 0 Å². The van der Waals surface area contributed by atoms with Crippen LogP contribution in [0.1, 0.15) is 28.8 Å². The maximum atomic E-state index is 12.1. The lowest BCUT2D eigenvalue weighted by molar-refractivity contribution is -0.139. The molecule has 0 saturated carbocycles. The van der Waals surface area contributed by atoms with Crippen LogP contribution < -0.4 is 5.32 Å². The summed E-state index contributed by atoms with van der Waals surface area (Å²) in [6, 6.07) is 26.6. The summed E-state index contributed by atoms with van der Waals surface area (Å²) in [5.74, 6) is -0.885. The Hall–Kier alpha value is -3.37. The highest BCUT2D eigenvalue weighted by molar-refractivity contribution is 5.84. The van der Waals surface area contributed by atoms with E-state index in [1.54, 1.807) is 0 Å². The van der Waals surface area contributed by atoms with E-state index in [4.69, 9.17) is 0 Å². The first kappa shape index (κ1) is 18.0. The highest BCUT2D eigenvalue weighted by atomic mass is 16.4. The number of nitrogens with one attached hydrogen (secondary N) is 2. The van der Waals surface area contributed by atoms with Gasteiger partial charge in [-0.1, -0.05) is 78.9 Å². The second-order valence-electron chi connectivity index (χ2n) is 6.88. The number of aliphatic carboxylic acids is 1. The summed E-state index contributed by atoms with van der Waals surface area (Å²) in [7, 11) is 0. The summed E-state index contributed by atoms with van der Waals surface area (Å²) in [6.45, 7) is 0. The Morgan fingerprint density at radius 3 is 2.25 bits per heavy atom. The van der Waals surface area contributed by atoms with Gasteiger partial charge < -0.3 is 10.1 Å². The van der Waals surface area contributed by atoms with Gasteiger partial charge in [-0.2, -0.15) is 0 Å². The lowest BCUT2D eigenvalue weighted by atomic mass is 9.96. The lowest BCUT2D eigenvalue weighted by Gasteiger charge is -2.24. The monoisotopic (exact) mass is 370 g/mol. The largest absolute Gasteiger partial charge is 0.480 e. The number of hydrogen-bond acceptors (Lipinski definition) is 2. The Balaban J connectivity index is 1.73. The molecule has 1 unspecified atom stereocenters. The SMILES string of the molecule is O=C(O)[C@H](NC(Cc1ccccc1)c1c[nH]c2ccccc12)c1ccccc1. The van der Waals surface area contributed by atoms with Gasteiger partial charge >= 0.3 is 5.97 Å². The van der Waals surface area contributed by atoms with Crippen molar-refractivity contribution in [3.8, 4) is 0 Å². The first-order valence-corrected chi connectivity index (χ1v) is 9.36. The molecule has 0 aliphatic carbocycles. The van der Waals surface area contributed by atoms with Crippen molar-refractivity contribution in [1.82, 2.24) is 10.3 Å². The molecule has 0 radical (unpaired) electrons. The van der Waals surface area contributed by atoms with Crippen LogP contribution in [0.2, 0.25) is 0 Å². The van der Waals surface area contributed by atoms with Crippen molar-refractivity contribution in [1.29, 1.82) is 0 Å². The first-order valence-electron chi connectivity index (χ1n) is 9.36. The fraction of sp³-hybridized carbons (Fsp3) is 0.125. The standard InChI is InChI=1S/C24H22N2O2/c27-24(28)23(18-11-5-2-6-12-18)26-22(15-17-9-3-1-4-10-17)20-16-25-21-14-8-7-13-19(20)21/h1-14,16,22-23,25-26H,15H2,(H,27,28)/t22?,23-/m1/s1. The Labute approximate surface area is 163 Å². The fourth-order valence-corrected chi connectivity index (χ4v) is 3.65. The number of aromatic nitrogens is 1. The Morgan fingerprint density at radius 1 is 0.893 bits per heavy atom. The van der Waals surface area contributed by atoms with Crippen LogP contribution in [0.25, 0.3) is 10.9 Å². The van der Waals surface area contributed by atoms with Crippen molar-refractivity contribution in [2.45, 2.75) is 18.5 Å². The van der Waals surface area contributed by atoms with Gasteiger partial charge in [-0.15, -0.1) is 0 Å². The minimum absolute atomic E-state index is 0.153. The lowest BCUT2D eigenvalue weighted by Crippen LogP contribution is -2.33. The van der Waals surface area contributed by atoms with Crippen LogP contribution in [-0.4, -0.2) is 16.1 Å². The van der Waals surface area contributed by atoms with Crippen LogP contribution in [0, 0.1) is 0 Å². The molecule has 0 saturated heterocycles. The van der Waals surface area contributed by atoms with E-state index in [9.17, 15) is 9.90 Å². The van der Waals surface area contributed by atoms with E-state index in [0.717, 1.165) is 27.6 Å². The second kappa shape index (κ2) is 8.11. The third-order valence-electron chi connectivity index (χ3n) is 5.03. The molecule has 4 heteroatoms. The van der Waals surface area contributed by atoms with Gasteiger partial charge in [-0.25, -0.2) is 0 Å². The van der Waals surface area contributed by atoms with E-state index in [1.165, 1.54) is 0 Å². The number of fused-ring (bicyclic) bond motifs is 1. The van der Waals surface area contributed by atoms with Crippen molar-refractivity contribution in [3.05, 3.63) is 108 Å². The normalized spacial score (nSPS) is 13.3. The van der Waals surface area contributed by atoms with Gasteiger partial charge in [-0.3, -0.25) is 10.1 Å². The van der Waals surface area contributed by atoms with Gasteiger partial charge in [-0.05, 0) is 29.2 Å². The molecule has 0 aliphatic rings. The average Bonchev–Trinajstić information content (AvgIpc) is 3.16. The fourth-order valence-electron chi connectivity index (χ4n) is 3.65. The third-order valence-corrected chi connectivity index (χ3v) is 5.03. The van der Waals surface area contributed by atoms with Gasteiger partial charge in [0.2, 0.25) is 0 Å². The molecule has 3 N–H and O–H groups in total. The molecule has 4 rings (SSSR count). The number of aromatic amines is 1. The van der Waals surface area contributed by atoms with Gasteiger partial charge in [0.1, 0.15) is 6.04 Å². The molecule has 0 spiro atoms. The molecule has 0 fully saturated rings. The summed E-state index contributed by atoms with van der Waals surface area (Å²) < 4.78 is 0. The zero-order chi connectivity index (χ0) is 19.3. The Morgan fingerprint density at radius 2 is 1.54 bits per heavy atom. The van der Waals surface area contributed by atoms with Crippen LogP contribution in [-0.2, 0) is 11.2 Å². The summed E-state index contributed by atoms with van der Waals surface area (Å²) >= 11 is 0. The number of carboxylic acids is 1. The molecule has 2 atom stereocenters. The van der Waals surface area contributed by atoms with Gasteiger partial charge in [0, 0.05) is 23.1 Å². The summed E-state index contributed by atoms with van der Waals surface area (Å²) in [6.07, 6.45) is 2.68. The number of carbonyl (C=O) groups is 1. The van der Waals surface area contributed by atoms with Crippen molar-refractivity contribution >= 4 is 16.9 Å². The summed E-state index contributed by atoms with van der Waals surface area (Å²) in [5.41, 5.74) is 4.01. The van der Waals surface area contributed by atoms with Gasteiger partial charge in [0.15, 0.2) is 0 Å². The smallest absolute Gasteiger partial charge is 0.325 e. The highest BCUT2D eigenvalue weighted by Gasteiger charge is 2.25. The maximum absolute atomic E-state index is 12.1. The molecule has 0 amide bonds. The molecule has 1 heterocycles. The van der Waals surface area contributed by atoms with Crippen LogP contribution in [0.15, 0.2) is 91.1 Å². The molecule has 1 aromatic heterocycles. The Kier molecular flexibility index (Phi) is 5.22. The van der Waals surface area contributed by atoms with Crippen LogP contribution >= 0.6 is 0 Å². The van der Waals surface area contributed by atoms with Crippen molar-refractivity contribution in [2.75, 3.05) is 0 Å². The van der Waals surface area contributed by atoms with Crippen LogP contribution in [0.5, 0.6) is 0 Å². The van der Waals surface area contributed by atoms with E-state index >= 15 is 0 Å². The topological polar surface area (TPSA) is 65.1 Å². The molecule has 140 valence electrons. The predicted octanol–water partition coefficient (Wildman–Crippen LogP) is 4.87. The number of para-hydroxylation sites is 1. The second-order valence-corrected chi connectivity index (χ2v) is 6.88. The summed E-state index contributed by atoms with van der Waals surface area (Å²) in [4.78, 5) is 15.4. The molecule has 4 nitrogen and oxygen atoms in total. The van der Waals surface area contributed by atoms with E-state index in [1.807, 2.05) is 72.9 Å². The zero-order valence-corrected chi connectivity index (χ0v) is 15.4. The number of carboxylic acid groups (broad SMARTS) is 1. The molecule has 3 aromatic carbocycles. The number of H-pyrrole nitrogens is 1. The molecular weight excluding hydrogens is 348 g/mol. The zero-order valence-electron chi connectivity index (χ0n) is 15.4. The number of hydrogen-bond donors (Lipinski definition) is 3. The highest BCUT2D eigenvalue weighted by Crippen LogP contribution is 2.29. The number of benzene rings is 3. The quantitative estimate of drug-likeness (QED) is 0.435. The van der Waals surface area contributed by atoms with E-state index in [-0.39, 0.29) is 6.04 Å². The van der Waals surface area contributed by atoms with E-state index in [0.29, 0.717) is 6.42 Å². The van der Waals surface area contributed by atoms with Gasteiger partial charge in [0.25, 0.3) is 0 Å². The first-order chi connectivity index (χ1) is 13.7. The number of rotatable bonds is 7. The molecular formula is C24H22N2O2. The average molecular weight is 370 g/mol. The van der Waals surface area contributed by atoms with E-state index < -0.39 is 12.0 Å². The minimum Gasteiger partial charge on any atom is -0.480 e. The van der Waals surface area contributed by atoms with Crippen LogP contribution in [0.3, 0.4) is 0 Å². The van der Waals surface area contributed by atoms with Crippen molar-refractivity contribution in [2.24, 2.45) is 0 Å². The van der Waals surface area contributed by atoms with Crippen LogP contribution in [0.4, 0.5) is 0 Å². The predicted molar refractivity (Wildman–Crippen MR) is 111 cm³/mol. The molecule has 28 heavy (non-hydrogen) atoms. The summed E-state index contributed by atoms with van der Waals surface area (Å²) in [5, 5.41) is 14.4. The molecule has 0 bridgehead atoms. The molecule has 0 aliphatic heterocycles. The minimum atomic E-state index is -0.885. The van der Waals surface area contributed by atoms with E-state index in [2.05, 4.69) is 28.5 Å². The van der Waals surface area contributed by atoms with Crippen molar-refractivity contribution in [3.63, 3.8) is 0 Å². The maximum Gasteiger partial charge on any atom is 0.325 e.